The highest BCUT2D eigenvalue weighted by Crippen LogP contribution is 2.19. The molecule has 1 saturated heterocycles. The zero-order valence-corrected chi connectivity index (χ0v) is 19.1. The van der Waals surface area contributed by atoms with Crippen LogP contribution in [0.2, 0.25) is 0 Å². The summed E-state index contributed by atoms with van der Waals surface area (Å²) in [6, 6.07) is 17.3. The Morgan fingerprint density at radius 1 is 1.16 bits per heavy atom. The second kappa shape index (κ2) is 11.0. The normalized spacial score (nSPS) is 17.3. The number of ether oxygens (including phenoxy) is 1. The number of piperidine rings is 1. The second-order valence-electron chi connectivity index (χ2n) is 7.62. The largest absolute Gasteiger partial charge is 0.492 e. The minimum absolute atomic E-state index is 0.286. The minimum atomic E-state index is -3.20. The van der Waals surface area contributed by atoms with Crippen molar-refractivity contribution in [1.29, 1.82) is 0 Å². The minimum Gasteiger partial charge on any atom is -0.492 e. The molecule has 1 atom stereocenters. The molecule has 2 N–H and O–H groups in total. The smallest absolute Gasteiger partial charge is 0.191 e. The summed E-state index contributed by atoms with van der Waals surface area (Å²) in [5.74, 6) is 1.42. The molecule has 0 spiro atoms. The van der Waals surface area contributed by atoms with Crippen molar-refractivity contribution in [3.8, 4) is 5.75 Å². The van der Waals surface area contributed by atoms with Crippen LogP contribution in [-0.4, -0.2) is 59.5 Å². The fourth-order valence-corrected chi connectivity index (χ4v) is 4.22. The SMILES string of the molecule is CCNC(=NCCOc1ccc(S(C)(=O)=O)cc1)NC1CCCN(c2ccccc2)C1. The molecule has 0 bridgehead atoms. The number of sulfone groups is 1. The predicted octanol–water partition coefficient (Wildman–Crippen LogP) is 2.69. The van der Waals surface area contributed by atoms with Crippen LogP contribution in [-0.2, 0) is 9.84 Å². The Morgan fingerprint density at radius 3 is 2.58 bits per heavy atom. The van der Waals surface area contributed by atoms with Crippen LogP contribution >= 0.6 is 0 Å². The van der Waals surface area contributed by atoms with Gasteiger partial charge in [-0.3, -0.25) is 0 Å². The topological polar surface area (TPSA) is 83.0 Å². The van der Waals surface area contributed by atoms with Crippen LogP contribution in [0.3, 0.4) is 0 Å². The summed E-state index contributed by atoms with van der Waals surface area (Å²) in [5.41, 5.74) is 1.26. The summed E-state index contributed by atoms with van der Waals surface area (Å²) < 4.78 is 28.8. The number of benzene rings is 2. The average molecular weight is 445 g/mol. The number of nitrogens with one attached hydrogen (secondary N) is 2. The van der Waals surface area contributed by atoms with Crippen LogP contribution in [0.5, 0.6) is 5.75 Å². The van der Waals surface area contributed by atoms with Crippen LogP contribution in [0.1, 0.15) is 19.8 Å². The third kappa shape index (κ3) is 7.17. The molecule has 1 aliphatic heterocycles. The molecule has 168 valence electrons. The zero-order chi connectivity index (χ0) is 22.1. The monoisotopic (exact) mass is 444 g/mol. The maximum Gasteiger partial charge on any atom is 0.191 e. The summed E-state index contributed by atoms with van der Waals surface area (Å²) >= 11 is 0. The lowest BCUT2D eigenvalue weighted by molar-refractivity contribution is 0.328. The first-order valence-electron chi connectivity index (χ1n) is 10.7. The van der Waals surface area contributed by atoms with Gasteiger partial charge in [-0.25, -0.2) is 13.4 Å². The van der Waals surface area contributed by atoms with E-state index in [-0.39, 0.29) is 4.90 Å². The molecule has 0 saturated carbocycles. The van der Waals surface area contributed by atoms with Crippen molar-refractivity contribution in [1.82, 2.24) is 10.6 Å². The van der Waals surface area contributed by atoms with Crippen molar-refractivity contribution < 1.29 is 13.2 Å². The highest BCUT2D eigenvalue weighted by atomic mass is 32.2. The zero-order valence-electron chi connectivity index (χ0n) is 18.3. The Balaban J connectivity index is 1.50. The van der Waals surface area contributed by atoms with Crippen molar-refractivity contribution in [2.24, 2.45) is 4.99 Å². The number of rotatable bonds is 8. The number of guanidine groups is 1. The number of nitrogens with zero attached hydrogens (tertiary/aromatic N) is 2. The number of aliphatic imine (C=N–C) groups is 1. The summed E-state index contributed by atoms with van der Waals surface area (Å²) in [7, 11) is -3.20. The van der Waals surface area contributed by atoms with Gasteiger partial charge in [-0.2, -0.15) is 0 Å². The highest BCUT2D eigenvalue weighted by molar-refractivity contribution is 7.90. The van der Waals surface area contributed by atoms with E-state index in [1.807, 2.05) is 13.0 Å². The van der Waals surface area contributed by atoms with Crippen molar-refractivity contribution in [3.63, 3.8) is 0 Å². The van der Waals surface area contributed by atoms with E-state index in [0.29, 0.717) is 24.9 Å². The van der Waals surface area contributed by atoms with Crippen LogP contribution in [0.15, 0.2) is 64.5 Å². The number of hydrogen-bond donors (Lipinski definition) is 2. The van der Waals surface area contributed by atoms with Gasteiger partial charge in [0.1, 0.15) is 12.4 Å². The van der Waals surface area contributed by atoms with E-state index in [1.54, 1.807) is 24.3 Å². The quantitative estimate of drug-likeness (QED) is 0.370. The van der Waals surface area contributed by atoms with E-state index in [0.717, 1.165) is 38.4 Å². The van der Waals surface area contributed by atoms with Crippen molar-refractivity contribution >= 4 is 21.5 Å². The molecule has 1 heterocycles. The summed E-state index contributed by atoms with van der Waals surface area (Å²) in [6.45, 7) is 5.76. The Kier molecular flexibility index (Phi) is 8.17. The van der Waals surface area contributed by atoms with Gasteiger partial charge < -0.3 is 20.3 Å². The standard InChI is InChI=1S/C23H32N4O3S/c1-3-24-23(25-15-17-30-21-11-13-22(14-12-21)31(2,28)29)26-19-8-7-16-27(18-19)20-9-5-4-6-10-20/h4-6,9-14,19H,3,7-8,15-18H2,1-2H3,(H2,24,25,26). The molecule has 0 aliphatic carbocycles. The van der Waals surface area contributed by atoms with E-state index < -0.39 is 9.84 Å². The lowest BCUT2D eigenvalue weighted by atomic mass is 10.1. The summed E-state index contributed by atoms with van der Waals surface area (Å²) in [4.78, 5) is 7.33. The average Bonchev–Trinajstić information content (AvgIpc) is 2.77. The van der Waals surface area contributed by atoms with Crippen LogP contribution in [0, 0.1) is 0 Å². The lowest BCUT2D eigenvalue weighted by Crippen LogP contribution is -2.51. The molecule has 0 aromatic heterocycles. The second-order valence-corrected chi connectivity index (χ2v) is 9.63. The van der Waals surface area contributed by atoms with Crippen LogP contribution in [0.25, 0.3) is 0 Å². The van der Waals surface area contributed by atoms with Gasteiger partial charge in [-0.1, -0.05) is 18.2 Å². The molecule has 1 fully saturated rings. The van der Waals surface area contributed by atoms with Gasteiger partial charge in [-0.15, -0.1) is 0 Å². The van der Waals surface area contributed by atoms with Gasteiger partial charge in [0.2, 0.25) is 0 Å². The van der Waals surface area contributed by atoms with E-state index >= 15 is 0 Å². The van der Waals surface area contributed by atoms with Crippen molar-refractivity contribution in [2.75, 3.05) is 43.9 Å². The summed E-state index contributed by atoms with van der Waals surface area (Å²) in [5, 5.41) is 6.86. The number of para-hydroxylation sites is 1. The van der Waals surface area contributed by atoms with Gasteiger partial charge in [0, 0.05) is 37.6 Å². The maximum atomic E-state index is 11.5. The molecule has 0 amide bonds. The fourth-order valence-electron chi connectivity index (χ4n) is 3.59. The molecule has 3 rings (SSSR count). The molecule has 2 aromatic rings. The number of anilines is 1. The Bertz CT molecular complexity index is 947. The third-order valence-electron chi connectivity index (χ3n) is 5.11. The third-order valence-corrected chi connectivity index (χ3v) is 6.24. The van der Waals surface area contributed by atoms with Gasteiger partial charge in [0.15, 0.2) is 15.8 Å². The molecule has 1 unspecified atom stereocenters. The molecular weight excluding hydrogens is 412 g/mol. The molecule has 7 nitrogen and oxygen atoms in total. The molecular formula is C23H32N4O3S. The first-order valence-corrected chi connectivity index (χ1v) is 12.6. The van der Waals surface area contributed by atoms with Gasteiger partial charge in [-0.05, 0) is 56.2 Å². The van der Waals surface area contributed by atoms with Gasteiger partial charge in [0.25, 0.3) is 0 Å². The van der Waals surface area contributed by atoms with E-state index in [9.17, 15) is 8.42 Å². The Hall–Kier alpha value is -2.74. The van der Waals surface area contributed by atoms with E-state index in [4.69, 9.17) is 4.74 Å². The molecule has 2 aromatic carbocycles. The van der Waals surface area contributed by atoms with E-state index in [2.05, 4.69) is 44.8 Å². The maximum absolute atomic E-state index is 11.5. The van der Waals surface area contributed by atoms with Gasteiger partial charge in [0.05, 0.1) is 11.4 Å². The van der Waals surface area contributed by atoms with Crippen LogP contribution < -0.4 is 20.3 Å². The molecule has 8 heteroatoms. The van der Waals surface area contributed by atoms with Crippen molar-refractivity contribution in [2.45, 2.75) is 30.7 Å². The van der Waals surface area contributed by atoms with Gasteiger partial charge >= 0.3 is 0 Å². The predicted molar refractivity (Wildman–Crippen MR) is 126 cm³/mol. The van der Waals surface area contributed by atoms with E-state index in [1.165, 1.54) is 11.9 Å². The van der Waals surface area contributed by atoms with Crippen LogP contribution in [0.4, 0.5) is 5.69 Å². The number of hydrogen-bond acceptors (Lipinski definition) is 5. The molecule has 0 radical (unpaired) electrons. The molecule has 31 heavy (non-hydrogen) atoms. The summed E-state index contributed by atoms with van der Waals surface area (Å²) in [6.07, 6.45) is 3.44. The van der Waals surface area contributed by atoms with Crippen molar-refractivity contribution in [3.05, 3.63) is 54.6 Å². The fraction of sp³-hybridized carbons (Fsp3) is 0.435. The first-order chi connectivity index (χ1) is 15.0. The Labute approximate surface area is 185 Å². The lowest BCUT2D eigenvalue weighted by Gasteiger charge is -2.35. The molecule has 1 aliphatic rings. The highest BCUT2D eigenvalue weighted by Gasteiger charge is 2.20. The first kappa shape index (κ1) is 22.9. The Morgan fingerprint density at radius 2 is 1.90 bits per heavy atom.